The van der Waals surface area contributed by atoms with Gasteiger partial charge in [-0.3, -0.25) is 9.59 Å². The van der Waals surface area contributed by atoms with E-state index in [9.17, 15) is 9.59 Å². The highest BCUT2D eigenvalue weighted by molar-refractivity contribution is 5.91. The van der Waals surface area contributed by atoms with Gasteiger partial charge in [0.25, 0.3) is 5.91 Å². The highest BCUT2D eigenvalue weighted by Gasteiger charge is 2.06. The first kappa shape index (κ1) is 11.2. The van der Waals surface area contributed by atoms with Crippen LogP contribution in [0.4, 0.5) is 0 Å². The van der Waals surface area contributed by atoms with Gasteiger partial charge in [0.15, 0.2) is 5.69 Å². The Kier molecular flexibility index (Phi) is 4.27. The maximum absolute atomic E-state index is 11.3. The number of H-pyrrole nitrogens is 1. The van der Waals surface area contributed by atoms with Crippen molar-refractivity contribution in [3.05, 3.63) is 11.9 Å². The van der Waals surface area contributed by atoms with Crippen LogP contribution in [-0.4, -0.2) is 33.8 Å². The van der Waals surface area contributed by atoms with Gasteiger partial charge in [0, 0.05) is 13.0 Å². The van der Waals surface area contributed by atoms with Gasteiger partial charge in [-0.15, -0.1) is 0 Å². The third-order valence-corrected chi connectivity index (χ3v) is 1.78. The molecule has 15 heavy (non-hydrogen) atoms. The normalized spacial score (nSPS) is 9.87. The summed E-state index contributed by atoms with van der Waals surface area (Å²) in [4.78, 5) is 21.7. The minimum atomic E-state index is -0.321. The number of hydrogen-bond donors (Lipinski definition) is 3. The maximum Gasteiger partial charge on any atom is 0.273 e. The molecule has 0 fully saturated rings. The molecule has 0 saturated heterocycles. The van der Waals surface area contributed by atoms with Crippen molar-refractivity contribution >= 4 is 11.8 Å². The van der Waals surface area contributed by atoms with Crippen LogP contribution in [0.15, 0.2) is 6.20 Å². The summed E-state index contributed by atoms with van der Waals surface area (Å²) in [6, 6.07) is 0. The third-order valence-electron chi connectivity index (χ3n) is 1.78. The first-order valence-corrected chi connectivity index (χ1v) is 4.62. The molecule has 7 nitrogen and oxygen atoms in total. The van der Waals surface area contributed by atoms with Crippen molar-refractivity contribution < 1.29 is 9.59 Å². The molecule has 0 atom stereocenters. The van der Waals surface area contributed by atoms with E-state index < -0.39 is 0 Å². The quantitative estimate of drug-likeness (QED) is 0.534. The highest BCUT2D eigenvalue weighted by atomic mass is 16.2. The number of carbonyl (C=O) groups excluding carboxylic acids is 2. The highest BCUT2D eigenvalue weighted by Crippen LogP contribution is 1.93. The summed E-state index contributed by atoms with van der Waals surface area (Å²) in [5, 5.41) is 12.1. The summed E-state index contributed by atoms with van der Waals surface area (Å²) >= 11 is 0. The second kappa shape index (κ2) is 5.74. The van der Waals surface area contributed by atoms with Crippen LogP contribution in [0.3, 0.4) is 0 Å². The molecule has 0 aliphatic heterocycles. The average molecular weight is 211 g/mol. The summed E-state index contributed by atoms with van der Waals surface area (Å²) in [6.45, 7) is 0.499. The lowest BCUT2D eigenvalue weighted by atomic mass is 10.2. The number of amides is 2. The average Bonchev–Trinajstić information content (AvgIpc) is 2.69. The zero-order valence-electron chi connectivity index (χ0n) is 8.19. The van der Waals surface area contributed by atoms with E-state index in [-0.39, 0.29) is 17.5 Å². The molecule has 0 saturated carbocycles. The number of aromatic nitrogens is 3. The smallest absolute Gasteiger partial charge is 0.273 e. The van der Waals surface area contributed by atoms with Gasteiger partial charge in [0.1, 0.15) is 0 Å². The van der Waals surface area contributed by atoms with E-state index >= 15 is 0 Å². The lowest BCUT2D eigenvalue weighted by Gasteiger charge is -2.01. The van der Waals surface area contributed by atoms with Gasteiger partial charge in [0.2, 0.25) is 5.91 Å². The lowest BCUT2D eigenvalue weighted by Crippen LogP contribution is -2.25. The van der Waals surface area contributed by atoms with Crippen LogP contribution in [0.25, 0.3) is 0 Å². The molecule has 0 spiro atoms. The third kappa shape index (κ3) is 4.21. The largest absolute Gasteiger partial charge is 0.370 e. The Bertz CT molecular complexity index is 322. The molecule has 0 aliphatic carbocycles. The van der Waals surface area contributed by atoms with Crippen molar-refractivity contribution in [3.63, 3.8) is 0 Å². The van der Waals surface area contributed by atoms with Crippen LogP contribution in [-0.2, 0) is 4.79 Å². The van der Waals surface area contributed by atoms with Gasteiger partial charge < -0.3 is 11.1 Å². The molecule has 0 radical (unpaired) electrons. The Morgan fingerprint density at radius 3 is 2.87 bits per heavy atom. The maximum atomic E-state index is 11.3. The van der Waals surface area contributed by atoms with Crippen LogP contribution >= 0.6 is 0 Å². The Hall–Kier alpha value is -1.92. The minimum absolute atomic E-state index is 0.255. The van der Waals surface area contributed by atoms with Crippen molar-refractivity contribution in [2.75, 3.05) is 6.54 Å². The van der Waals surface area contributed by atoms with E-state index in [1.54, 1.807) is 0 Å². The van der Waals surface area contributed by atoms with Crippen molar-refractivity contribution in [2.45, 2.75) is 19.3 Å². The number of unbranched alkanes of at least 4 members (excludes halogenated alkanes) is 1. The predicted molar refractivity (Wildman–Crippen MR) is 51.8 cm³/mol. The molecular weight excluding hydrogens is 198 g/mol. The van der Waals surface area contributed by atoms with Crippen molar-refractivity contribution in [1.29, 1.82) is 0 Å². The molecule has 1 heterocycles. The Morgan fingerprint density at radius 1 is 1.47 bits per heavy atom. The van der Waals surface area contributed by atoms with Crippen LogP contribution in [0, 0.1) is 0 Å². The van der Waals surface area contributed by atoms with Crippen molar-refractivity contribution in [2.24, 2.45) is 5.73 Å². The van der Waals surface area contributed by atoms with E-state index in [2.05, 4.69) is 20.7 Å². The molecule has 1 aromatic heterocycles. The summed E-state index contributed by atoms with van der Waals surface area (Å²) in [5.41, 5.74) is 5.22. The van der Waals surface area contributed by atoms with Gasteiger partial charge in [-0.05, 0) is 12.8 Å². The number of aromatic amines is 1. The van der Waals surface area contributed by atoms with Crippen LogP contribution < -0.4 is 11.1 Å². The number of nitrogens with one attached hydrogen (secondary N) is 2. The summed E-state index contributed by atoms with van der Waals surface area (Å²) < 4.78 is 0. The summed E-state index contributed by atoms with van der Waals surface area (Å²) in [7, 11) is 0. The second-order valence-corrected chi connectivity index (χ2v) is 3.03. The van der Waals surface area contributed by atoms with Crippen molar-refractivity contribution in [3.8, 4) is 0 Å². The van der Waals surface area contributed by atoms with E-state index in [0.29, 0.717) is 25.8 Å². The standard InChI is InChI=1S/C8H13N5O2/c9-7(14)3-1-2-4-10-8(15)6-5-11-13-12-6/h5H,1-4H2,(H2,9,14)(H,10,15)(H,11,12,13). The molecule has 1 rings (SSSR count). The van der Waals surface area contributed by atoms with E-state index in [4.69, 9.17) is 5.73 Å². The number of carbonyl (C=O) groups is 2. The zero-order valence-corrected chi connectivity index (χ0v) is 8.19. The Balaban J connectivity index is 2.10. The first-order chi connectivity index (χ1) is 7.20. The monoisotopic (exact) mass is 211 g/mol. The van der Waals surface area contributed by atoms with Crippen LogP contribution in [0.5, 0.6) is 0 Å². The molecule has 7 heteroatoms. The van der Waals surface area contributed by atoms with Gasteiger partial charge in [-0.2, -0.15) is 15.4 Å². The van der Waals surface area contributed by atoms with Crippen LogP contribution in [0.2, 0.25) is 0 Å². The van der Waals surface area contributed by atoms with E-state index in [1.807, 2.05) is 0 Å². The topological polar surface area (TPSA) is 114 Å². The number of rotatable bonds is 6. The SMILES string of the molecule is NC(=O)CCCCNC(=O)c1cn[nH]n1. The second-order valence-electron chi connectivity index (χ2n) is 3.03. The molecule has 1 aromatic rings. The molecule has 0 aromatic carbocycles. The fraction of sp³-hybridized carbons (Fsp3) is 0.500. The van der Waals surface area contributed by atoms with Gasteiger partial charge in [-0.25, -0.2) is 0 Å². The van der Waals surface area contributed by atoms with E-state index in [0.717, 1.165) is 0 Å². The number of hydrogen-bond acceptors (Lipinski definition) is 4. The summed E-state index contributed by atoms with van der Waals surface area (Å²) in [6.07, 6.45) is 3.08. The van der Waals surface area contributed by atoms with Gasteiger partial charge in [-0.1, -0.05) is 0 Å². The fourth-order valence-electron chi connectivity index (χ4n) is 1.03. The minimum Gasteiger partial charge on any atom is -0.370 e. The lowest BCUT2D eigenvalue weighted by molar-refractivity contribution is -0.118. The van der Waals surface area contributed by atoms with Crippen molar-refractivity contribution in [1.82, 2.24) is 20.7 Å². The molecule has 2 amide bonds. The first-order valence-electron chi connectivity index (χ1n) is 4.62. The molecular formula is C8H13N5O2. The molecule has 4 N–H and O–H groups in total. The van der Waals surface area contributed by atoms with Gasteiger partial charge >= 0.3 is 0 Å². The Morgan fingerprint density at radius 2 is 2.27 bits per heavy atom. The zero-order chi connectivity index (χ0) is 11.1. The van der Waals surface area contributed by atoms with Crippen LogP contribution in [0.1, 0.15) is 29.8 Å². The molecule has 0 aliphatic rings. The number of primary amides is 1. The molecule has 0 unspecified atom stereocenters. The predicted octanol–water partition coefficient (Wildman–Crippen LogP) is -0.810. The van der Waals surface area contributed by atoms with E-state index in [1.165, 1.54) is 6.20 Å². The van der Waals surface area contributed by atoms with Gasteiger partial charge in [0.05, 0.1) is 6.20 Å². The fourth-order valence-corrected chi connectivity index (χ4v) is 1.03. The summed E-state index contributed by atoms with van der Waals surface area (Å²) in [5.74, 6) is -0.597. The number of nitrogens with two attached hydrogens (primary N) is 1. The molecule has 82 valence electrons. The molecule has 0 bridgehead atoms. The Labute approximate surface area is 86.4 Å². The number of nitrogens with zero attached hydrogens (tertiary/aromatic N) is 2.